The third kappa shape index (κ3) is 4.79. The van der Waals surface area contributed by atoms with Crippen LogP contribution in [0.4, 0.5) is 24.7 Å². The maximum absolute atomic E-state index is 15.1. The van der Waals surface area contributed by atoms with Crippen LogP contribution >= 0.6 is 11.6 Å². The summed E-state index contributed by atoms with van der Waals surface area (Å²) >= 11 is 6.22. The summed E-state index contributed by atoms with van der Waals surface area (Å²) in [7, 11) is -2.64. The van der Waals surface area contributed by atoms with Crippen LogP contribution in [0.1, 0.15) is 26.2 Å². The molecule has 1 aromatic heterocycles. The van der Waals surface area contributed by atoms with Gasteiger partial charge in [0.2, 0.25) is 5.95 Å². The van der Waals surface area contributed by atoms with E-state index in [9.17, 15) is 17.2 Å². The van der Waals surface area contributed by atoms with Crippen molar-refractivity contribution < 1.29 is 21.6 Å². The maximum Gasteiger partial charge on any atom is 0.268 e. The van der Waals surface area contributed by atoms with E-state index in [4.69, 9.17) is 11.6 Å². The van der Waals surface area contributed by atoms with Crippen LogP contribution in [0.2, 0.25) is 5.02 Å². The Bertz CT molecular complexity index is 1160. The van der Waals surface area contributed by atoms with E-state index in [1.165, 1.54) is 12.1 Å². The Hall–Kier alpha value is -2.04. The molecule has 0 spiro atoms. The largest absolute Gasteiger partial charge is 0.370 e. The standard InChI is InChI=1S/C22H26ClF3N4O2S/c1-22(14-6-9-29(2)10-7-14)8-11-30(13-22)16-12-15(24)21(20(26)19(16)23)33(31,32)28-18-5-3-4-17(25)27-18/h3-5,12,14H,6-11,13H2,1-2H3,(H,27,28)/t22-/m1/s1. The predicted octanol–water partition coefficient (Wildman–Crippen LogP) is 4.51. The van der Waals surface area contributed by atoms with Gasteiger partial charge in [-0.1, -0.05) is 24.6 Å². The quantitative estimate of drug-likeness (QED) is 0.481. The Kier molecular flexibility index (Phi) is 6.54. The van der Waals surface area contributed by atoms with Crippen molar-refractivity contribution in [3.05, 3.63) is 46.9 Å². The number of rotatable bonds is 5. The first-order chi connectivity index (χ1) is 15.5. The monoisotopic (exact) mass is 502 g/mol. The molecule has 4 rings (SSSR count). The molecule has 2 saturated heterocycles. The molecule has 1 N–H and O–H groups in total. The number of hydrogen-bond acceptors (Lipinski definition) is 5. The Morgan fingerprint density at radius 2 is 1.88 bits per heavy atom. The lowest BCUT2D eigenvalue weighted by molar-refractivity contribution is 0.117. The van der Waals surface area contributed by atoms with Gasteiger partial charge in [0.1, 0.15) is 16.7 Å². The number of aromatic nitrogens is 1. The van der Waals surface area contributed by atoms with Crippen LogP contribution in [0.3, 0.4) is 0 Å². The lowest BCUT2D eigenvalue weighted by Gasteiger charge is -2.39. The molecular weight excluding hydrogens is 477 g/mol. The topological polar surface area (TPSA) is 65.5 Å². The lowest BCUT2D eigenvalue weighted by atomic mass is 9.72. The van der Waals surface area contributed by atoms with E-state index in [0.29, 0.717) is 19.0 Å². The van der Waals surface area contributed by atoms with Crippen LogP contribution < -0.4 is 9.62 Å². The number of pyridine rings is 1. The molecule has 0 aliphatic carbocycles. The zero-order chi connectivity index (χ0) is 24.0. The van der Waals surface area contributed by atoms with Crippen LogP contribution in [0.5, 0.6) is 0 Å². The molecule has 2 aromatic rings. The van der Waals surface area contributed by atoms with Crippen LogP contribution in [0.25, 0.3) is 0 Å². The minimum absolute atomic E-state index is 0.0209. The number of piperidine rings is 1. The average Bonchev–Trinajstić information content (AvgIpc) is 3.13. The number of hydrogen-bond donors (Lipinski definition) is 1. The van der Waals surface area contributed by atoms with Crippen LogP contribution in [0.15, 0.2) is 29.2 Å². The molecule has 0 radical (unpaired) electrons. The molecule has 180 valence electrons. The van der Waals surface area contributed by atoms with Crippen molar-refractivity contribution in [3.8, 4) is 0 Å². The van der Waals surface area contributed by atoms with Crippen LogP contribution in [0, 0.1) is 28.9 Å². The van der Waals surface area contributed by atoms with Crippen LogP contribution in [-0.4, -0.2) is 51.5 Å². The number of nitrogens with zero attached hydrogens (tertiary/aromatic N) is 3. The maximum atomic E-state index is 15.1. The van der Waals surface area contributed by atoms with Crippen molar-refractivity contribution in [2.24, 2.45) is 11.3 Å². The SMILES string of the molecule is CN1CCC([C@]2(C)CCN(c3cc(F)c(S(=O)(=O)Nc4cccc(F)n4)c(F)c3Cl)C2)CC1. The minimum atomic E-state index is -4.74. The van der Waals surface area contributed by atoms with E-state index in [-0.39, 0.29) is 11.1 Å². The van der Waals surface area contributed by atoms with Gasteiger partial charge in [-0.2, -0.15) is 4.39 Å². The van der Waals surface area contributed by atoms with Gasteiger partial charge >= 0.3 is 0 Å². The fourth-order valence-electron chi connectivity index (χ4n) is 4.92. The Balaban J connectivity index is 1.60. The highest BCUT2D eigenvalue weighted by molar-refractivity contribution is 7.92. The summed E-state index contributed by atoms with van der Waals surface area (Å²) in [5.74, 6) is -3.50. The molecule has 3 heterocycles. The lowest BCUT2D eigenvalue weighted by Crippen LogP contribution is -2.39. The second-order valence-electron chi connectivity index (χ2n) is 9.19. The summed E-state index contributed by atoms with van der Waals surface area (Å²) in [6.45, 7) is 5.38. The summed E-state index contributed by atoms with van der Waals surface area (Å²) in [6.07, 6.45) is 2.98. The summed E-state index contributed by atoms with van der Waals surface area (Å²) in [4.78, 5) is 6.26. The predicted molar refractivity (Wildman–Crippen MR) is 122 cm³/mol. The third-order valence-corrected chi connectivity index (χ3v) is 8.62. The van der Waals surface area contributed by atoms with Crippen molar-refractivity contribution in [3.63, 3.8) is 0 Å². The van der Waals surface area contributed by atoms with Gasteiger partial charge in [-0.15, -0.1) is 0 Å². The molecule has 6 nitrogen and oxygen atoms in total. The molecular formula is C22H26ClF3N4O2S. The zero-order valence-corrected chi connectivity index (χ0v) is 20.0. The van der Waals surface area contributed by atoms with E-state index in [0.717, 1.165) is 44.5 Å². The average molecular weight is 503 g/mol. The fourth-order valence-corrected chi connectivity index (χ4v) is 6.39. The van der Waals surface area contributed by atoms with Gasteiger partial charge in [-0.25, -0.2) is 22.2 Å². The van der Waals surface area contributed by atoms with Gasteiger partial charge in [0.05, 0.1) is 5.69 Å². The highest BCUT2D eigenvalue weighted by Gasteiger charge is 2.42. The van der Waals surface area contributed by atoms with Crippen LogP contribution in [-0.2, 0) is 10.0 Å². The molecule has 33 heavy (non-hydrogen) atoms. The Labute approximate surface area is 196 Å². The molecule has 1 atom stereocenters. The first kappa shape index (κ1) is 24.1. The molecule has 1 aromatic carbocycles. The van der Waals surface area contributed by atoms with Crippen molar-refractivity contribution in [1.29, 1.82) is 0 Å². The van der Waals surface area contributed by atoms with Gasteiger partial charge in [-0.3, -0.25) is 4.72 Å². The minimum Gasteiger partial charge on any atom is -0.370 e. The summed E-state index contributed by atoms with van der Waals surface area (Å²) < 4.78 is 70.6. The molecule has 0 amide bonds. The molecule has 0 saturated carbocycles. The third-order valence-electron chi connectivity index (χ3n) is 6.87. The highest BCUT2D eigenvalue weighted by atomic mass is 35.5. The van der Waals surface area contributed by atoms with E-state index < -0.39 is 43.3 Å². The number of nitrogens with one attached hydrogen (secondary N) is 1. The summed E-state index contributed by atoms with van der Waals surface area (Å²) in [5, 5.41) is -0.461. The Morgan fingerprint density at radius 3 is 2.55 bits per heavy atom. The highest BCUT2D eigenvalue weighted by Crippen LogP contribution is 2.46. The molecule has 0 bridgehead atoms. The zero-order valence-electron chi connectivity index (χ0n) is 18.4. The normalized spacial score (nSPS) is 22.7. The van der Waals surface area contributed by atoms with Gasteiger partial charge in [0.15, 0.2) is 10.7 Å². The van der Waals surface area contributed by atoms with Crippen molar-refractivity contribution in [2.75, 3.05) is 42.8 Å². The van der Waals surface area contributed by atoms with Gasteiger partial charge in [-0.05, 0) is 62.9 Å². The molecule has 11 heteroatoms. The molecule has 2 aliphatic rings. The smallest absolute Gasteiger partial charge is 0.268 e. The molecule has 2 fully saturated rings. The fraction of sp³-hybridized carbons (Fsp3) is 0.500. The van der Waals surface area contributed by atoms with Crippen molar-refractivity contribution >= 4 is 33.1 Å². The van der Waals surface area contributed by atoms with Gasteiger partial charge < -0.3 is 9.80 Å². The van der Waals surface area contributed by atoms with Crippen molar-refractivity contribution in [2.45, 2.75) is 31.1 Å². The number of sulfonamides is 1. The first-order valence-electron chi connectivity index (χ1n) is 10.8. The van der Waals surface area contributed by atoms with E-state index >= 15 is 4.39 Å². The van der Waals surface area contributed by atoms with Crippen molar-refractivity contribution in [1.82, 2.24) is 9.88 Å². The summed E-state index contributed by atoms with van der Waals surface area (Å²) in [5.41, 5.74) is 0.110. The molecule has 2 aliphatic heterocycles. The Morgan fingerprint density at radius 1 is 1.18 bits per heavy atom. The van der Waals surface area contributed by atoms with E-state index in [1.54, 1.807) is 0 Å². The second-order valence-corrected chi connectivity index (χ2v) is 11.2. The summed E-state index contributed by atoms with van der Waals surface area (Å²) in [6, 6.07) is 4.36. The number of anilines is 2. The van der Waals surface area contributed by atoms with Gasteiger partial charge in [0, 0.05) is 19.2 Å². The number of halogens is 4. The van der Waals surface area contributed by atoms with E-state index in [2.05, 4.69) is 23.9 Å². The van der Waals surface area contributed by atoms with E-state index in [1.807, 2.05) is 9.62 Å². The number of likely N-dealkylation sites (tertiary alicyclic amines) is 1. The number of benzene rings is 1. The second kappa shape index (κ2) is 8.96. The molecule has 0 unspecified atom stereocenters. The first-order valence-corrected chi connectivity index (χ1v) is 12.6. The van der Waals surface area contributed by atoms with Gasteiger partial charge in [0.25, 0.3) is 10.0 Å².